The lowest BCUT2D eigenvalue weighted by Crippen LogP contribution is -2.56. The zero-order valence-corrected chi connectivity index (χ0v) is 11.2. The van der Waals surface area contributed by atoms with E-state index in [1.54, 1.807) is 18.0 Å². The van der Waals surface area contributed by atoms with Gasteiger partial charge in [0.15, 0.2) is 0 Å². The lowest BCUT2D eigenvalue weighted by molar-refractivity contribution is -0.127. The van der Waals surface area contributed by atoms with Crippen LogP contribution in [0, 0.1) is 0 Å². The van der Waals surface area contributed by atoms with Gasteiger partial charge in [-0.25, -0.2) is 0 Å². The van der Waals surface area contributed by atoms with Crippen LogP contribution < -0.4 is 5.32 Å². The van der Waals surface area contributed by atoms with Gasteiger partial charge in [-0.05, 0) is 18.4 Å². The van der Waals surface area contributed by atoms with Gasteiger partial charge >= 0.3 is 0 Å². The van der Waals surface area contributed by atoms with E-state index in [1.165, 1.54) is 0 Å². The highest BCUT2D eigenvalue weighted by Gasteiger charge is 2.31. The van der Waals surface area contributed by atoms with Crippen molar-refractivity contribution in [2.45, 2.75) is 13.0 Å². The van der Waals surface area contributed by atoms with Crippen LogP contribution in [0.25, 0.3) is 10.8 Å². The van der Waals surface area contributed by atoms with Crippen LogP contribution in [0.3, 0.4) is 0 Å². The number of nitrogens with one attached hydrogen (secondary N) is 1. The summed E-state index contributed by atoms with van der Waals surface area (Å²) in [6, 6.07) is 9.04. The second-order valence-electron chi connectivity index (χ2n) is 4.85. The Balaban J connectivity index is 2.02. The molecule has 2 heterocycles. The number of hydrogen-bond donors (Lipinski definition) is 1. The summed E-state index contributed by atoms with van der Waals surface area (Å²) in [5.41, 5.74) is 0.407. The standard InChI is InChI=1S/C15H15N3O2/c1-10-14(19)17-8-9-18(10)15(20)13-12-5-3-2-4-11(12)6-7-16-13/h2-7,10H,8-9H2,1H3,(H,17,19). The first-order valence-corrected chi connectivity index (χ1v) is 6.61. The summed E-state index contributed by atoms with van der Waals surface area (Å²) in [5.74, 6) is -0.311. The highest BCUT2D eigenvalue weighted by molar-refractivity contribution is 6.06. The maximum absolute atomic E-state index is 12.7. The zero-order valence-electron chi connectivity index (χ0n) is 11.2. The molecule has 5 heteroatoms. The number of carbonyl (C=O) groups is 2. The SMILES string of the molecule is CC1C(=O)NCCN1C(=O)c1nccc2ccccc12. The smallest absolute Gasteiger partial charge is 0.273 e. The van der Waals surface area contributed by atoms with Crippen LogP contribution in [0.1, 0.15) is 17.4 Å². The minimum atomic E-state index is -0.461. The summed E-state index contributed by atoms with van der Waals surface area (Å²) in [6.07, 6.45) is 1.63. The van der Waals surface area contributed by atoms with E-state index in [9.17, 15) is 9.59 Å². The lowest BCUT2D eigenvalue weighted by atomic mass is 10.1. The van der Waals surface area contributed by atoms with Gasteiger partial charge in [0.1, 0.15) is 11.7 Å². The van der Waals surface area contributed by atoms with Crippen LogP contribution in [0.2, 0.25) is 0 Å². The predicted molar refractivity (Wildman–Crippen MR) is 75.3 cm³/mol. The van der Waals surface area contributed by atoms with E-state index < -0.39 is 6.04 Å². The van der Waals surface area contributed by atoms with Gasteiger partial charge in [0.25, 0.3) is 5.91 Å². The number of fused-ring (bicyclic) bond motifs is 1. The van der Waals surface area contributed by atoms with Crippen LogP contribution >= 0.6 is 0 Å². The van der Waals surface area contributed by atoms with Crippen molar-refractivity contribution >= 4 is 22.6 Å². The monoisotopic (exact) mass is 269 g/mol. The molecule has 0 bridgehead atoms. The average molecular weight is 269 g/mol. The van der Waals surface area contributed by atoms with E-state index in [0.29, 0.717) is 18.8 Å². The number of pyridine rings is 1. The number of aromatic nitrogens is 1. The van der Waals surface area contributed by atoms with Crippen LogP contribution in [-0.2, 0) is 4.79 Å². The molecule has 2 aromatic rings. The van der Waals surface area contributed by atoms with Gasteiger partial charge in [0.2, 0.25) is 5.91 Å². The number of benzene rings is 1. The average Bonchev–Trinajstić information content (AvgIpc) is 2.49. The minimum absolute atomic E-state index is 0.121. The van der Waals surface area contributed by atoms with Gasteiger partial charge in [-0.3, -0.25) is 14.6 Å². The highest BCUT2D eigenvalue weighted by atomic mass is 16.2. The van der Waals surface area contributed by atoms with E-state index in [-0.39, 0.29) is 11.8 Å². The largest absolute Gasteiger partial charge is 0.353 e. The topological polar surface area (TPSA) is 62.3 Å². The number of hydrogen-bond acceptors (Lipinski definition) is 3. The Morgan fingerprint density at radius 2 is 2.15 bits per heavy atom. The molecule has 1 atom stereocenters. The fourth-order valence-electron chi connectivity index (χ4n) is 2.49. The molecule has 1 aliphatic rings. The molecule has 1 N–H and O–H groups in total. The Hall–Kier alpha value is -2.43. The van der Waals surface area contributed by atoms with Crippen LogP contribution in [0.5, 0.6) is 0 Å². The quantitative estimate of drug-likeness (QED) is 0.846. The normalized spacial score (nSPS) is 18.9. The highest BCUT2D eigenvalue weighted by Crippen LogP contribution is 2.19. The molecule has 20 heavy (non-hydrogen) atoms. The molecule has 1 unspecified atom stereocenters. The summed E-state index contributed by atoms with van der Waals surface area (Å²) in [7, 11) is 0. The number of nitrogens with zero attached hydrogens (tertiary/aromatic N) is 2. The molecule has 102 valence electrons. The van der Waals surface area contributed by atoms with Crippen molar-refractivity contribution in [1.29, 1.82) is 0 Å². The molecule has 3 rings (SSSR count). The number of carbonyl (C=O) groups excluding carboxylic acids is 2. The van der Waals surface area contributed by atoms with Crippen LogP contribution in [0.4, 0.5) is 0 Å². The first-order valence-electron chi connectivity index (χ1n) is 6.61. The van der Waals surface area contributed by atoms with E-state index >= 15 is 0 Å². The van der Waals surface area contributed by atoms with Gasteiger partial charge in [-0.15, -0.1) is 0 Å². The summed E-state index contributed by atoms with van der Waals surface area (Å²) in [6.45, 7) is 2.73. The molecule has 1 saturated heterocycles. The van der Waals surface area contributed by atoms with Crippen molar-refractivity contribution in [2.75, 3.05) is 13.1 Å². The van der Waals surface area contributed by atoms with Crippen molar-refractivity contribution in [3.05, 3.63) is 42.2 Å². The van der Waals surface area contributed by atoms with Crippen molar-refractivity contribution in [3.8, 4) is 0 Å². The Kier molecular flexibility index (Phi) is 3.10. The summed E-state index contributed by atoms with van der Waals surface area (Å²) in [4.78, 5) is 30.1. The Morgan fingerprint density at radius 3 is 3.00 bits per heavy atom. The molecule has 1 aromatic heterocycles. The Bertz CT molecular complexity index is 678. The number of amides is 2. The minimum Gasteiger partial charge on any atom is -0.353 e. The molecule has 1 fully saturated rings. The molecule has 0 saturated carbocycles. The molecule has 1 aliphatic heterocycles. The Morgan fingerprint density at radius 1 is 1.35 bits per heavy atom. The summed E-state index contributed by atoms with van der Waals surface area (Å²) >= 11 is 0. The lowest BCUT2D eigenvalue weighted by Gasteiger charge is -2.32. The maximum atomic E-state index is 12.7. The molecule has 2 amide bonds. The summed E-state index contributed by atoms with van der Waals surface area (Å²) in [5, 5.41) is 4.54. The van der Waals surface area contributed by atoms with E-state index in [2.05, 4.69) is 10.3 Å². The van der Waals surface area contributed by atoms with Crippen LogP contribution in [-0.4, -0.2) is 40.8 Å². The fraction of sp³-hybridized carbons (Fsp3) is 0.267. The van der Waals surface area contributed by atoms with E-state index in [4.69, 9.17) is 0 Å². The van der Waals surface area contributed by atoms with Gasteiger partial charge < -0.3 is 10.2 Å². The van der Waals surface area contributed by atoms with Crippen molar-refractivity contribution < 1.29 is 9.59 Å². The Labute approximate surface area is 116 Å². The molecule has 0 spiro atoms. The second-order valence-corrected chi connectivity index (χ2v) is 4.85. The molecule has 0 radical (unpaired) electrons. The molecule has 5 nitrogen and oxygen atoms in total. The molecular formula is C15H15N3O2. The van der Waals surface area contributed by atoms with Gasteiger partial charge in [0, 0.05) is 24.7 Å². The van der Waals surface area contributed by atoms with Crippen molar-refractivity contribution in [2.24, 2.45) is 0 Å². The van der Waals surface area contributed by atoms with Gasteiger partial charge in [-0.1, -0.05) is 24.3 Å². The summed E-state index contributed by atoms with van der Waals surface area (Å²) < 4.78 is 0. The zero-order chi connectivity index (χ0) is 14.1. The molecule has 0 aliphatic carbocycles. The van der Waals surface area contributed by atoms with Gasteiger partial charge in [-0.2, -0.15) is 0 Å². The second kappa shape index (κ2) is 4.92. The third kappa shape index (κ3) is 2.01. The third-order valence-electron chi connectivity index (χ3n) is 3.64. The number of piperazine rings is 1. The maximum Gasteiger partial charge on any atom is 0.273 e. The predicted octanol–water partition coefficient (Wildman–Crippen LogP) is 1.20. The molecular weight excluding hydrogens is 254 g/mol. The van der Waals surface area contributed by atoms with E-state index in [0.717, 1.165) is 10.8 Å². The molecule has 1 aromatic carbocycles. The van der Waals surface area contributed by atoms with E-state index in [1.807, 2.05) is 30.3 Å². The van der Waals surface area contributed by atoms with Crippen molar-refractivity contribution in [3.63, 3.8) is 0 Å². The first kappa shape index (κ1) is 12.6. The van der Waals surface area contributed by atoms with Gasteiger partial charge in [0.05, 0.1) is 0 Å². The van der Waals surface area contributed by atoms with Crippen molar-refractivity contribution in [1.82, 2.24) is 15.2 Å². The third-order valence-corrected chi connectivity index (χ3v) is 3.64. The van der Waals surface area contributed by atoms with Crippen LogP contribution in [0.15, 0.2) is 36.5 Å². The fourth-order valence-corrected chi connectivity index (χ4v) is 2.49. The number of rotatable bonds is 1. The first-order chi connectivity index (χ1) is 9.68.